The number of nitrogens with zero attached hydrogens (tertiary/aromatic N) is 2. The van der Waals surface area contributed by atoms with Gasteiger partial charge in [0.15, 0.2) is 0 Å². The van der Waals surface area contributed by atoms with Gasteiger partial charge in [0.1, 0.15) is 5.15 Å². The van der Waals surface area contributed by atoms with Crippen LogP contribution in [0.15, 0.2) is 9.59 Å². The van der Waals surface area contributed by atoms with Gasteiger partial charge in [0.2, 0.25) is 0 Å². The van der Waals surface area contributed by atoms with Gasteiger partial charge in [-0.1, -0.05) is 11.6 Å². The topological polar surface area (TPSA) is 58.1 Å². The van der Waals surface area contributed by atoms with E-state index in [1.807, 2.05) is 6.92 Å². The van der Waals surface area contributed by atoms with E-state index in [1.165, 1.54) is 17.4 Å². The smallest absolute Gasteiger partial charge is 0.301 e. The Labute approximate surface area is 110 Å². The molecule has 1 saturated heterocycles. The molecule has 1 atom stereocenters. The lowest BCUT2D eigenvalue weighted by atomic mass is 10.3. The molecule has 1 fully saturated rings. The van der Waals surface area contributed by atoms with Gasteiger partial charge < -0.3 is 4.90 Å². The molecule has 0 radical (unpaired) electrons. The molecule has 2 rings (SSSR count). The second-order valence-electron chi connectivity index (χ2n) is 4.90. The lowest BCUT2D eigenvalue weighted by molar-refractivity contribution is 0.280. The maximum Gasteiger partial charge on any atom is 0.329 e. The SMILES string of the molecule is Cc1c(Cl)[nH]c(=O)n(C(C)CN2CCCC2)c1=O. The number of aromatic amines is 1. The third kappa shape index (κ3) is 2.52. The van der Waals surface area contributed by atoms with Crippen LogP contribution in [-0.4, -0.2) is 34.1 Å². The Morgan fingerprint density at radius 2 is 1.94 bits per heavy atom. The second-order valence-corrected chi connectivity index (χ2v) is 5.28. The summed E-state index contributed by atoms with van der Waals surface area (Å²) in [5, 5.41) is 0.134. The number of nitrogens with one attached hydrogen (secondary N) is 1. The third-order valence-corrected chi connectivity index (χ3v) is 3.84. The first kappa shape index (κ1) is 13.4. The fourth-order valence-corrected chi connectivity index (χ4v) is 2.60. The fourth-order valence-electron chi connectivity index (χ4n) is 2.44. The lowest BCUT2D eigenvalue weighted by Gasteiger charge is -2.21. The molecular formula is C12H18ClN3O2. The zero-order chi connectivity index (χ0) is 13.3. The molecule has 1 aromatic rings. The molecule has 0 amide bonds. The standard InChI is InChI=1S/C12H18ClN3O2/c1-8(7-15-5-3-4-6-15)16-11(17)9(2)10(13)14-12(16)18/h8H,3-7H2,1-2H3,(H,14,18). The van der Waals surface area contributed by atoms with Crippen LogP contribution in [0.4, 0.5) is 0 Å². The molecule has 18 heavy (non-hydrogen) atoms. The summed E-state index contributed by atoms with van der Waals surface area (Å²) in [5.41, 5.74) is -0.331. The monoisotopic (exact) mass is 271 g/mol. The summed E-state index contributed by atoms with van der Waals surface area (Å²) in [6.45, 7) is 6.33. The molecule has 6 heteroatoms. The highest BCUT2D eigenvalue weighted by molar-refractivity contribution is 6.30. The van der Waals surface area contributed by atoms with E-state index >= 15 is 0 Å². The van der Waals surface area contributed by atoms with E-state index in [0.717, 1.165) is 19.6 Å². The van der Waals surface area contributed by atoms with Gasteiger partial charge in [-0.05, 0) is 39.8 Å². The zero-order valence-corrected chi connectivity index (χ0v) is 11.5. The highest BCUT2D eigenvalue weighted by Gasteiger charge is 2.19. The molecule has 0 saturated carbocycles. The number of aromatic nitrogens is 2. The summed E-state index contributed by atoms with van der Waals surface area (Å²) < 4.78 is 1.26. The predicted octanol–water partition coefficient (Wildman–Crippen LogP) is 1.16. The molecule has 1 unspecified atom stereocenters. The Bertz CT molecular complexity index is 543. The highest BCUT2D eigenvalue weighted by Crippen LogP contribution is 2.12. The largest absolute Gasteiger partial charge is 0.329 e. The number of halogens is 1. The van der Waals surface area contributed by atoms with E-state index in [9.17, 15) is 9.59 Å². The molecule has 5 nitrogen and oxygen atoms in total. The van der Waals surface area contributed by atoms with Crippen molar-refractivity contribution in [1.29, 1.82) is 0 Å². The molecule has 0 aromatic carbocycles. The Morgan fingerprint density at radius 1 is 1.33 bits per heavy atom. The molecule has 1 aliphatic rings. The summed E-state index contributed by atoms with van der Waals surface area (Å²) in [4.78, 5) is 28.7. The van der Waals surface area contributed by atoms with Crippen LogP contribution in [-0.2, 0) is 0 Å². The molecule has 1 aromatic heterocycles. The Morgan fingerprint density at radius 3 is 2.56 bits per heavy atom. The number of likely N-dealkylation sites (tertiary alicyclic amines) is 1. The minimum atomic E-state index is -0.428. The summed E-state index contributed by atoms with van der Waals surface area (Å²) in [5.74, 6) is 0. The van der Waals surface area contributed by atoms with Gasteiger partial charge in [0.05, 0.1) is 6.04 Å². The quantitative estimate of drug-likeness (QED) is 0.839. The molecule has 0 aliphatic carbocycles. The maximum atomic E-state index is 12.1. The van der Waals surface area contributed by atoms with Gasteiger partial charge >= 0.3 is 5.69 Å². The van der Waals surface area contributed by atoms with Crippen molar-refractivity contribution in [2.45, 2.75) is 32.7 Å². The van der Waals surface area contributed by atoms with Crippen molar-refractivity contribution in [2.75, 3.05) is 19.6 Å². The molecule has 1 aliphatic heterocycles. The fraction of sp³-hybridized carbons (Fsp3) is 0.667. The van der Waals surface area contributed by atoms with Crippen LogP contribution in [0.1, 0.15) is 31.4 Å². The van der Waals surface area contributed by atoms with Crippen LogP contribution < -0.4 is 11.2 Å². The van der Waals surface area contributed by atoms with Crippen molar-refractivity contribution in [1.82, 2.24) is 14.5 Å². The van der Waals surface area contributed by atoms with Crippen LogP contribution in [0.2, 0.25) is 5.15 Å². The van der Waals surface area contributed by atoms with Crippen molar-refractivity contribution < 1.29 is 0 Å². The van der Waals surface area contributed by atoms with Crippen molar-refractivity contribution in [3.8, 4) is 0 Å². The highest BCUT2D eigenvalue weighted by atomic mass is 35.5. The molecule has 100 valence electrons. The van der Waals surface area contributed by atoms with E-state index in [2.05, 4.69) is 9.88 Å². The summed E-state index contributed by atoms with van der Waals surface area (Å²) in [6.07, 6.45) is 2.38. The van der Waals surface area contributed by atoms with Gasteiger partial charge in [0.25, 0.3) is 5.56 Å². The summed E-state index contributed by atoms with van der Waals surface area (Å²) >= 11 is 5.79. The molecule has 2 heterocycles. The molecule has 0 bridgehead atoms. The van der Waals surface area contributed by atoms with Crippen LogP contribution >= 0.6 is 11.6 Å². The minimum absolute atomic E-state index is 0.134. The second kappa shape index (κ2) is 5.28. The van der Waals surface area contributed by atoms with Crippen molar-refractivity contribution in [3.63, 3.8) is 0 Å². The van der Waals surface area contributed by atoms with E-state index in [1.54, 1.807) is 6.92 Å². The van der Waals surface area contributed by atoms with Crippen molar-refractivity contribution >= 4 is 11.6 Å². The van der Waals surface area contributed by atoms with E-state index in [-0.39, 0.29) is 16.8 Å². The maximum absolute atomic E-state index is 12.1. The summed E-state index contributed by atoms with van der Waals surface area (Å²) in [6, 6.07) is -0.143. The molecule has 0 spiro atoms. The van der Waals surface area contributed by atoms with Crippen molar-refractivity contribution in [3.05, 3.63) is 31.6 Å². The molecular weight excluding hydrogens is 254 g/mol. The van der Waals surface area contributed by atoms with Gasteiger partial charge in [-0.15, -0.1) is 0 Å². The Balaban J connectivity index is 2.30. The minimum Gasteiger partial charge on any atom is -0.301 e. The predicted molar refractivity (Wildman–Crippen MR) is 71.5 cm³/mol. The van der Waals surface area contributed by atoms with E-state index in [0.29, 0.717) is 5.56 Å². The van der Waals surface area contributed by atoms with Gasteiger partial charge in [-0.25, -0.2) is 4.79 Å². The van der Waals surface area contributed by atoms with Gasteiger partial charge in [-0.2, -0.15) is 0 Å². The zero-order valence-electron chi connectivity index (χ0n) is 10.7. The van der Waals surface area contributed by atoms with Crippen LogP contribution in [0.3, 0.4) is 0 Å². The number of rotatable bonds is 3. The van der Waals surface area contributed by atoms with Gasteiger partial charge in [0, 0.05) is 12.1 Å². The van der Waals surface area contributed by atoms with Crippen LogP contribution in [0, 0.1) is 6.92 Å². The normalized spacial score (nSPS) is 18.2. The Hall–Kier alpha value is -1.07. The first-order valence-corrected chi connectivity index (χ1v) is 6.61. The number of hydrogen-bond donors (Lipinski definition) is 1. The number of hydrogen-bond acceptors (Lipinski definition) is 3. The third-order valence-electron chi connectivity index (χ3n) is 3.47. The first-order chi connectivity index (χ1) is 8.50. The van der Waals surface area contributed by atoms with Crippen LogP contribution in [0.25, 0.3) is 0 Å². The summed E-state index contributed by atoms with van der Waals surface area (Å²) in [7, 11) is 0. The Kier molecular flexibility index (Phi) is 3.92. The van der Waals surface area contributed by atoms with Crippen LogP contribution in [0.5, 0.6) is 0 Å². The first-order valence-electron chi connectivity index (χ1n) is 6.24. The average molecular weight is 272 g/mol. The van der Waals surface area contributed by atoms with Gasteiger partial charge in [-0.3, -0.25) is 14.3 Å². The average Bonchev–Trinajstić information content (AvgIpc) is 2.78. The molecule has 1 N–H and O–H groups in total. The lowest BCUT2D eigenvalue weighted by Crippen LogP contribution is -2.42. The van der Waals surface area contributed by atoms with E-state index in [4.69, 9.17) is 11.6 Å². The number of H-pyrrole nitrogens is 1. The van der Waals surface area contributed by atoms with Crippen molar-refractivity contribution in [2.24, 2.45) is 0 Å². The van der Waals surface area contributed by atoms with E-state index < -0.39 is 5.69 Å².